The number of benzene rings is 1. The zero-order valence-corrected chi connectivity index (χ0v) is 10.3. The first kappa shape index (κ1) is 10.9. The summed E-state index contributed by atoms with van der Waals surface area (Å²) in [5.74, 6) is 0.950. The monoisotopic (exact) mass is 233 g/mol. The summed E-state index contributed by atoms with van der Waals surface area (Å²) < 4.78 is 11.6. The van der Waals surface area contributed by atoms with E-state index in [4.69, 9.17) is 9.47 Å². The molecular weight excluding hydrogens is 214 g/mol. The third-order valence-corrected chi connectivity index (χ3v) is 3.56. The van der Waals surface area contributed by atoms with Gasteiger partial charge in [-0.25, -0.2) is 0 Å². The average Bonchev–Trinajstić information content (AvgIpc) is 2.76. The normalized spacial score (nSPS) is 27.4. The number of nitrogens with one attached hydrogen (secondary N) is 1. The molecular formula is C14H19NO2. The van der Waals surface area contributed by atoms with Crippen LogP contribution in [0.4, 0.5) is 5.69 Å². The molecule has 1 saturated heterocycles. The molecule has 1 unspecified atom stereocenters. The maximum Gasteiger partial charge on any atom is 0.129 e. The Kier molecular flexibility index (Phi) is 2.71. The molecule has 0 bridgehead atoms. The van der Waals surface area contributed by atoms with Gasteiger partial charge in [0.25, 0.3) is 0 Å². The number of fused-ring (bicyclic) bond motifs is 1. The van der Waals surface area contributed by atoms with E-state index in [-0.39, 0.29) is 5.60 Å². The Hall–Kier alpha value is -1.22. The van der Waals surface area contributed by atoms with E-state index < -0.39 is 0 Å². The summed E-state index contributed by atoms with van der Waals surface area (Å²) in [5, 5.41) is 3.38. The van der Waals surface area contributed by atoms with Gasteiger partial charge in [-0.3, -0.25) is 0 Å². The molecule has 0 aliphatic carbocycles. The number of rotatable bonds is 2. The minimum atomic E-state index is -0.162. The molecule has 3 nitrogen and oxygen atoms in total. The quantitative estimate of drug-likeness (QED) is 0.851. The van der Waals surface area contributed by atoms with E-state index in [1.807, 2.05) is 0 Å². The van der Waals surface area contributed by atoms with Crippen molar-refractivity contribution in [3.63, 3.8) is 0 Å². The van der Waals surface area contributed by atoms with Crippen molar-refractivity contribution in [2.45, 2.75) is 31.8 Å². The van der Waals surface area contributed by atoms with Gasteiger partial charge >= 0.3 is 0 Å². The Bertz CT molecular complexity index is 411. The van der Waals surface area contributed by atoms with E-state index in [0.717, 1.165) is 38.2 Å². The van der Waals surface area contributed by atoms with Crippen LogP contribution in [0.1, 0.15) is 25.3 Å². The number of hydrogen-bond acceptors (Lipinski definition) is 3. The highest BCUT2D eigenvalue weighted by molar-refractivity contribution is 5.58. The highest BCUT2D eigenvalue weighted by Gasteiger charge is 2.30. The fraction of sp³-hybridized carbons (Fsp3) is 0.571. The Morgan fingerprint density at radius 3 is 3.18 bits per heavy atom. The smallest absolute Gasteiger partial charge is 0.129 e. The predicted molar refractivity (Wildman–Crippen MR) is 67.7 cm³/mol. The van der Waals surface area contributed by atoms with Gasteiger partial charge in [-0.1, -0.05) is 6.07 Å². The predicted octanol–water partition coefficient (Wildman–Crippen LogP) is 2.60. The van der Waals surface area contributed by atoms with Gasteiger partial charge in [-0.15, -0.1) is 0 Å². The molecule has 0 radical (unpaired) electrons. The van der Waals surface area contributed by atoms with Crippen LogP contribution in [0.3, 0.4) is 0 Å². The first-order valence-electron chi connectivity index (χ1n) is 6.39. The summed E-state index contributed by atoms with van der Waals surface area (Å²) in [7, 11) is 0. The van der Waals surface area contributed by atoms with Gasteiger partial charge in [0.05, 0.1) is 6.61 Å². The Morgan fingerprint density at radius 1 is 1.41 bits per heavy atom. The van der Waals surface area contributed by atoms with E-state index in [1.54, 1.807) is 0 Å². The number of hydrogen-bond donors (Lipinski definition) is 1. The molecule has 17 heavy (non-hydrogen) atoms. The molecule has 1 fully saturated rings. The summed E-state index contributed by atoms with van der Waals surface area (Å²) in [6.45, 7) is 4.73. The largest absolute Gasteiger partial charge is 0.485 e. The Morgan fingerprint density at radius 2 is 2.35 bits per heavy atom. The van der Waals surface area contributed by atoms with Gasteiger partial charge in [0.1, 0.15) is 11.4 Å². The van der Waals surface area contributed by atoms with E-state index in [1.165, 1.54) is 11.3 Å². The van der Waals surface area contributed by atoms with E-state index in [9.17, 15) is 0 Å². The van der Waals surface area contributed by atoms with Crippen LogP contribution in [0.15, 0.2) is 18.2 Å². The van der Waals surface area contributed by atoms with Crippen molar-refractivity contribution in [2.75, 3.05) is 25.1 Å². The lowest BCUT2D eigenvalue weighted by atomic mass is 9.99. The van der Waals surface area contributed by atoms with Crippen LogP contribution in [-0.4, -0.2) is 25.4 Å². The second-order valence-corrected chi connectivity index (χ2v) is 5.20. The molecule has 2 aliphatic heterocycles. The molecule has 1 aromatic carbocycles. The molecule has 3 rings (SSSR count). The zero-order valence-electron chi connectivity index (χ0n) is 10.3. The Labute approximate surface area is 102 Å². The van der Waals surface area contributed by atoms with Crippen molar-refractivity contribution >= 4 is 5.69 Å². The number of anilines is 1. The Balaban J connectivity index is 1.76. The van der Waals surface area contributed by atoms with Crippen LogP contribution in [0.25, 0.3) is 0 Å². The lowest BCUT2D eigenvalue weighted by molar-refractivity contribution is -0.0563. The minimum Gasteiger partial charge on any atom is -0.485 e. The highest BCUT2D eigenvalue weighted by Crippen LogP contribution is 2.31. The molecule has 1 N–H and O–H groups in total. The van der Waals surface area contributed by atoms with E-state index in [0.29, 0.717) is 6.61 Å². The second-order valence-electron chi connectivity index (χ2n) is 5.20. The van der Waals surface area contributed by atoms with Crippen molar-refractivity contribution in [2.24, 2.45) is 0 Å². The molecule has 0 spiro atoms. The summed E-state index contributed by atoms with van der Waals surface area (Å²) >= 11 is 0. The SMILES string of the molecule is CC1(Oc2ccc3c(c2)NCC3)CCCOC1. The summed E-state index contributed by atoms with van der Waals surface area (Å²) in [4.78, 5) is 0. The van der Waals surface area contributed by atoms with Gasteiger partial charge < -0.3 is 14.8 Å². The second kappa shape index (κ2) is 4.22. The minimum absolute atomic E-state index is 0.162. The van der Waals surface area contributed by atoms with Crippen LogP contribution >= 0.6 is 0 Å². The van der Waals surface area contributed by atoms with Gasteiger partial charge in [-0.05, 0) is 37.8 Å². The number of ether oxygens (including phenoxy) is 2. The van der Waals surface area contributed by atoms with Crippen molar-refractivity contribution in [3.8, 4) is 5.75 Å². The summed E-state index contributed by atoms with van der Waals surface area (Å²) in [5.41, 5.74) is 2.45. The molecule has 0 amide bonds. The van der Waals surface area contributed by atoms with Crippen molar-refractivity contribution < 1.29 is 9.47 Å². The molecule has 3 heteroatoms. The third-order valence-electron chi connectivity index (χ3n) is 3.56. The van der Waals surface area contributed by atoms with Gasteiger partial charge in [-0.2, -0.15) is 0 Å². The topological polar surface area (TPSA) is 30.5 Å². The van der Waals surface area contributed by atoms with E-state index >= 15 is 0 Å². The molecule has 2 aliphatic rings. The maximum absolute atomic E-state index is 6.10. The molecule has 1 atom stereocenters. The maximum atomic E-state index is 6.10. The summed E-state index contributed by atoms with van der Waals surface area (Å²) in [6.07, 6.45) is 3.27. The van der Waals surface area contributed by atoms with Gasteiger partial charge in [0, 0.05) is 24.9 Å². The lowest BCUT2D eigenvalue weighted by Gasteiger charge is -2.34. The third kappa shape index (κ3) is 2.25. The van der Waals surface area contributed by atoms with Crippen LogP contribution < -0.4 is 10.1 Å². The first-order chi connectivity index (χ1) is 8.25. The lowest BCUT2D eigenvalue weighted by Crippen LogP contribution is -2.41. The van der Waals surface area contributed by atoms with Crippen LogP contribution in [0.2, 0.25) is 0 Å². The fourth-order valence-corrected chi connectivity index (χ4v) is 2.61. The fourth-order valence-electron chi connectivity index (χ4n) is 2.61. The van der Waals surface area contributed by atoms with Crippen molar-refractivity contribution in [1.29, 1.82) is 0 Å². The van der Waals surface area contributed by atoms with Gasteiger partial charge in [0.15, 0.2) is 0 Å². The van der Waals surface area contributed by atoms with Crippen LogP contribution in [-0.2, 0) is 11.2 Å². The summed E-state index contributed by atoms with van der Waals surface area (Å²) in [6, 6.07) is 6.35. The molecule has 2 heterocycles. The van der Waals surface area contributed by atoms with Crippen LogP contribution in [0, 0.1) is 0 Å². The van der Waals surface area contributed by atoms with Gasteiger partial charge in [0.2, 0.25) is 0 Å². The molecule has 0 aromatic heterocycles. The molecule has 0 saturated carbocycles. The molecule has 92 valence electrons. The van der Waals surface area contributed by atoms with E-state index in [2.05, 4.69) is 30.4 Å². The van der Waals surface area contributed by atoms with Crippen LogP contribution in [0.5, 0.6) is 5.75 Å². The molecule has 1 aromatic rings. The van der Waals surface area contributed by atoms with Crippen molar-refractivity contribution in [3.05, 3.63) is 23.8 Å². The standard InChI is InChI=1S/C14H19NO2/c1-14(6-2-8-16-10-14)17-12-4-3-11-5-7-15-13(11)9-12/h3-4,9,15H,2,5-8,10H2,1H3. The average molecular weight is 233 g/mol. The zero-order chi connectivity index (χ0) is 11.7. The highest BCUT2D eigenvalue weighted by atomic mass is 16.5. The first-order valence-corrected chi connectivity index (χ1v) is 6.39. The van der Waals surface area contributed by atoms with Crippen molar-refractivity contribution in [1.82, 2.24) is 0 Å².